The van der Waals surface area contributed by atoms with Gasteiger partial charge in [-0.15, -0.1) is 23.1 Å². The van der Waals surface area contributed by atoms with Gasteiger partial charge >= 0.3 is 0 Å². The van der Waals surface area contributed by atoms with Gasteiger partial charge < -0.3 is 10.6 Å². The normalized spacial score (nSPS) is 11.4. The summed E-state index contributed by atoms with van der Waals surface area (Å²) in [7, 11) is 1.68. The summed E-state index contributed by atoms with van der Waals surface area (Å²) in [6.07, 6.45) is 1.44. The Morgan fingerprint density at radius 3 is 2.68 bits per heavy atom. The predicted octanol–water partition coefficient (Wildman–Crippen LogP) is 5.56. The molecule has 2 N–H and O–H groups in total. The van der Waals surface area contributed by atoms with Crippen molar-refractivity contribution < 1.29 is 13.6 Å². The number of nitrogens with zero attached hydrogens (tertiary/aromatic N) is 1. The third-order valence-corrected chi connectivity index (χ3v) is 5.90. The van der Waals surface area contributed by atoms with Crippen LogP contribution in [-0.2, 0) is 0 Å². The first-order valence-corrected chi connectivity index (χ1v) is 10.1. The van der Waals surface area contributed by atoms with Crippen LogP contribution < -0.4 is 10.6 Å². The van der Waals surface area contributed by atoms with Crippen LogP contribution in [0.25, 0.3) is 0 Å². The standard InChI is InChI=1S/C16H19F2N3OS3/c1-5-23-12-6-9(2)24-14(12)15(22)21-10-7-13(25-16(3,17)18)20-8-11(10)19-4/h6-8,19H,5H2,1-4H3,(H,20,21,22). The molecule has 2 rings (SSSR count). The van der Waals surface area contributed by atoms with E-state index in [9.17, 15) is 13.6 Å². The number of hydrogen-bond donors (Lipinski definition) is 2. The molecule has 0 spiro atoms. The van der Waals surface area contributed by atoms with Crippen molar-refractivity contribution in [3.8, 4) is 0 Å². The van der Waals surface area contributed by atoms with Gasteiger partial charge in [0.2, 0.25) is 0 Å². The molecular weight excluding hydrogens is 384 g/mol. The first-order valence-electron chi connectivity index (χ1n) is 7.52. The van der Waals surface area contributed by atoms with E-state index in [2.05, 4.69) is 15.6 Å². The SMILES string of the molecule is CCSc1cc(C)sc1C(=O)Nc1cc(SC(C)(F)F)ncc1NC. The van der Waals surface area contributed by atoms with Gasteiger partial charge in [-0.1, -0.05) is 6.92 Å². The zero-order valence-electron chi connectivity index (χ0n) is 14.3. The number of hydrogen-bond acceptors (Lipinski definition) is 6. The number of carbonyl (C=O) groups is 1. The number of pyridine rings is 1. The van der Waals surface area contributed by atoms with Gasteiger partial charge in [-0.25, -0.2) is 4.98 Å². The van der Waals surface area contributed by atoms with Crippen molar-refractivity contribution in [1.29, 1.82) is 0 Å². The third kappa shape index (κ3) is 5.58. The lowest BCUT2D eigenvalue weighted by atomic mass is 10.3. The highest BCUT2D eigenvalue weighted by Gasteiger charge is 2.24. The summed E-state index contributed by atoms with van der Waals surface area (Å²) < 4.78 is 26.4. The minimum atomic E-state index is -2.94. The number of aryl methyl sites for hydroxylation is 1. The van der Waals surface area contributed by atoms with Crippen molar-refractivity contribution in [2.45, 2.75) is 35.9 Å². The Kier molecular flexibility index (Phi) is 6.70. The molecule has 0 aliphatic rings. The van der Waals surface area contributed by atoms with Crippen LogP contribution in [0.2, 0.25) is 0 Å². The monoisotopic (exact) mass is 403 g/mol. The Morgan fingerprint density at radius 2 is 2.08 bits per heavy atom. The minimum absolute atomic E-state index is 0.146. The first kappa shape index (κ1) is 20.0. The molecule has 0 aliphatic carbocycles. The topological polar surface area (TPSA) is 54.0 Å². The van der Waals surface area contributed by atoms with Gasteiger partial charge in [-0.2, -0.15) is 8.78 Å². The molecule has 25 heavy (non-hydrogen) atoms. The van der Waals surface area contributed by atoms with E-state index in [1.54, 1.807) is 18.8 Å². The molecule has 0 radical (unpaired) electrons. The first-order chi connectivity index (χ1) is 11.7. The van der Waals surface area contributed by atoms with Crippen LogP contribution in [0.1, 0.15) is 28.4 Å². The zero-order chi connectivity index (χ0) is 18.6. The van der Waals surface area contributed by atoms with Crippen LogP contribution >= 0.6 is 34.9 Å². The van der Waals surface area contributed by atoms with Crippen LogP contribution in [0.4, 0.5) is 20.2 Å². The highest BCUT2D eigenvalue weighted by atomic mass is 32.2. The molecule has 2 aromatic rings. The van der Waals surface area contributed by atoms with E-state index in [4.69, 9.17) is 0 Å². The molecule has 0 aliphatic heterocycles. The van der Waals surface area contributed by atoms with Crippen LogP contribution in [0, 0.1) is 6.92 Å². The summed E-state index contributed by atoms with van der Waals surface area (Å²) in [5, 5.41) is 2.93. The number of halogens is 2. The number of aromatic nitrogens is 1. The average molecular weight is 404 g/mol. The smallest absolute Gasteiger partial charge is 0.296 e. The van der Waals surface area contributed by atoms with Gasteiger partial charge in [-0.3, -0.25) is 4.79 Å². The van der Waals surface area contributed by atoms with Crippen molar-refractivity contribution >= 4 is 52.1 Å². The summed E-state index contributed by atoms with van der Waals surface area (Å²) in [4.78, 5) is 19.3. The molecular formula is C16H19F2N3OS3. The Balaban J connectivity index is 2.29. The van der Waals surface area contributed by atoms with Crippen molar-refractivity contribution in [2.24, 2.45) is 0 Å². The maximum absolute atomic E-state index is 13.2. The Hall–Kier alpha value is -1.32. The van der Waals surface area contributed by atoms with E-state index in [0.717, 1.165) is 22.4 Å². The predicted molar refractivity (Wildman–Crippen MR) is 104 cm³/mol. The number of amides is 1. The fraction of sp³-hybridized carbons (Fsp3) is 0.375. The molecule has 4 nitrogen and oxygen atoms in total. The second-order valence-electron chi connectivity index (χ2n) is 5.17. The van der Waals surface area contributed by atoms with E-state index in [1.165, 1.54) is 23.6 Å². The number of nitrogens with one attached hydrogen (secondary N) is 2. The molecule has 136 valence electrons. The largest absolute Gasteiger partial charge is 0.385 e. The molecule has 0 atom stereocenters. The van der Waals surface area contributed by atoms with Crippen molar-refractivity contribution in [3.63, 3.8) is 0 Å². The number of alkyl halides is 2. The fourth-order valence-corrected chi connectivity index (χ4v) is 4.69. The Bertz CT molecular complexity index is 760. The second-order valence-corrected chi connectivity index (χ2v) is 9.07. The lowest BCUT2D eigenvalue weighted by Crippen LogP contribution is -2.13. The highest BCUT2D eigenvalue weighted by molar-refractivity contribution is 8.00. The van der Waals surface area contributed by atoms with Crippen LogP contribution in [0.5, 0.6) is 0 Å². The maximum Gasteiger partial charge on any atom is 0.296 e. The molecule has 0 bridgehead atoms. The van der Waals surface area contributed by atoms with E-state index in [-0.39, 0.29) is 10.9 Å². The van der Waals surface area contributed by atoms with Gasteiger partial charge in [-0.05, 0) is 36.6 Å². The molecule has 1 amide bonds. The second kappa shape index (κ2) is 8.37. The molecule has 0 fully saturated rings. The van der Waals surface area contributed by atoms with Crippen molar-refractivity contribution in [3.05, 3.63) is 28.1 Å². The molecule has 0 unspecified atom stereocenters. The summed E-state index contributed by atoms with van der Waals surface area (Å²) >= 11 is 3.36. The summed E-state index contributed by atoms with van der Waals surface area (Å²) in [5.41, 5.74) is 0.989. The summed E-state index contributed by atoms with van der Waals surface area (Å²) in [5.74, 6) is 0.607. The van der Waals surface area contributed by atoms with Gasteiger partial charge in [0.15, 0.2) is 0 Å². The lowest BCUT2D eigenvalue weighted by Gasteiger charge is -2.14. The highest BCUT2D eigenvalue weighted by Crippen LogP contribution is 2.37. The van der Waals surface area contributed by atoms with Gasteiger partial charge in [0.1, 0.15) is 9.90 Å². The van der Waals surface area contributed by atoms with E-state index < -0.39 is 5.25 Å². The molecule has 0 aromatic carbocycles. The number of thiophene rings is 1. The molecule has 9 heteroatoms. The Labute approximate surface area is 158 Å². The van der Waals surface area contributed by atoms with Gasteiger partial charge in [0.05, 0.1) is 17.6 Å². The fourth-order valence-electron chi connectivity index (χ4n) is 2.07. The van der Waals surface area contributed by atoms with Crippen molar-refractivity contribution in [2.75, 3.05) is 23.4 Å². The van der Waals surface area contributed by atoms with E-state index >= 15 is 0 Å². The minimum Gasteiger partial charge on any atom is -0.385 e. The summed E-state index contributed by atoms with van der Waals surface area (Å²) in [6.45, 7) is 4.78. The van der Waals surface area contributed by atoms with Crippen LogP contribution in [0.3, 0.4) is 0 Å². The average Bonchev–Trinajstić information content (AvgIpc) is 2.87. The van der Waals surface area contributed by atoms with Gasteiger partial charge in [0.25, 0.3) is 11.2 Å². The Morgan fingerprint density at radius 1 is 1.36 bits per heavy atom. The third-order valence-electron chi connectivity index (χ3n) is 3.01. The zero-order valence-corrected chi connectivity index (χ0v) is 16.7. The molecule has 0 saturated heterocycles. The number of anilines is 2. The molecule has 0 saturated carbocycles. The molecule has 2 heterocycles. The van der Waals surface area contributed by atoms with Crippen LogP contribution in [-0.4, -0.2) is 28.9 Å². The number of rotatable bonds is 7. The van der Waals surface area contributed by atoms with Crippen molar-refractivity contribution in [1.82, 2.24) is 4.98 Å². The summed E-state index contributed by atoms with van der Waals surface area (Å²) in [6, 6.07) is 3.44. The van der Waals surface area contributed by atoms with E-state index in [1.807, 2.05) is 19.9 Å². The van der Waals surface area contributed by atoms with Gasteiger partial charge in [0, 0.05) is 23.7 Å². The lowest BCUT2D eigenvalue weighted by molar-refractivity contribution is 0.102. The van der Waals surface area contributed by atoms with Crippen LogP contribution in [0.15, 0.2) is 28.3 Å². The quantitative estimate of drug-likeness (QED) is 0.593. The number of carbonyl (C=O) groups excluding carboxylic acids is 1. The maximum atomic E-state index is 13.2. The number of thioether (sulfide) groups is 2. The molecule has 2 aromatic heterocycles. The van der Waals surface area contributed by atoms with E-state index in [0.29, 0.717) is 28.0 Å².